The summed E-state index contributed by atoms with van der Waals surface area (Å²) >= 11 is 0. The normalized spacial score (nSPS) is 18.6. The molecule has 2 aliphatic rings. The number of ether oxygens (including phenoxy) is 4. The van der Waals surface area contributed by atoms with E-state index >= 15 is 0 Å². The number of piperidine rings is 1. The Labute approximate surface area is 255 Å². The van der Waals surface area contributed by atoms with Crippen LogP contribution in [0.4, 0.5) is 5.82 Å². The molecule has 1 fully saturated rings. The number of benzene rings is 2. The molecule has 0 spiro atoms. The predicted octanol–water partition coefficient (Wildman–Crippen LogP) is 5.86. The van der Waals surface area contributed by atoms with E-state index in [1.807, 2.05) is 52.0 Å². The summed E-state index contributed by atoms with van der Waals surface area (Å²) in [7, 11) is 1.72. The molecule has 3 heterocycles. The number of esters is 1. The molecular formula is C35H45N3O5. The van der Waals surface area contributed by atoms with Crippen LogP contribution in [-0.2, 0) is 33.8 Å². The summed E-state index contributed by atoms with van der Waals surface area (Å²) in [5, 5.41) is 3.43. The third-order valence-corrected chi connectivity index (χ3v) is 7.97. The zero-order valence-corrected chi connectivity index (χ0v) is 26.4. The summed E-state index contributed by atoms with van der Waals surface area (Å²) < 4.78 is 23.9. The van der Waals surface area contributed by atoms with Crippen LogP contribution in [0.1, 0.15) is 56.4 Å². The smallest absolute Gasteiger partial charge is 0.312 e. The van der Waals surface area contributed by atoms with E-state index in [4.69, 9.17) is 23.9 Å². The molecular weight excluding hydrogens is 542 g/mol. The number of nitrogens with zero attached hydrogens (tertiary/aromatic N) is 2. The van der Waals surface area contributed by atoms with Crippen molar-refractivity contribution in [3.63, 3.8) is 0 Å². The summed E-state index contributed by atoms with van der Waals surface area (Å²) in [6.07, 6.45) is 1.36. The molecule has 3 aromatic rings. The summed E-state index contributed by atoms with van der Waals surface area (Å²) in [6, 6.07) is 16.6. The minimum absolute atomic E-state index is 0.193. The number of rotatable bonds is 9. The molecule has 2 atom stereocenters. The van der Waals surface area contributed by atoms with Gasteiger partial charge >= 0.3 is 5.97 Å². The Morgan fingerprint density at radius 1 is 1.12 bits per heavy atom. The van der Waals surface area contributed by atoms with Gasteiger partial charge in [0.25, 0.3) is 0 Å². The number of hydrogen-bond acceptors (Lipinski definition) is 8. The first kappa shape index (κ1) is 30.8. The van der Waals surface area contributed by atoms with Crippen molar-refractivity contribution in [1.82, 2.24) is 10.3 Å². The molecule has 0 amide bonds. The Morgan fingerprint density at radius 3 is 2.72 bits per heavy atom. The number of hydrogen-bond donors (Lipinski definition) is 1. The number of aromatic nitrogens is 1. The van der Waals surface area contributed by atoms with Crippen LogP contribution in [0.5, 0.6) is 11.5 Å². The lowest BCUT2D eigenvalue weighted by molar-refractivity contribution is -0.166. The number of fused-ring (bicyclic) bond motifs is 1. The van der Waals surface area contributed by atoms with Gasteiger partial charge in [0, 0.05) is 37.4 Å². The van der Waals surface area contributed by atoms with Gasteiger partial charge in [0.2, 0.25) is 0 Å². The quantitative estimate of drug-likeness (QED) is 0.312. The van der Waals surface area contributed by atoms with Gasteiger partial charge in [-0.2, -0.15) is 0 Å². The van der Waals surface area contributed by atoms with Gasteiger partial charge in [0.1, 0.15) is 29.5 Å². The molecule has 1 saturated heterocycles. The maximum Gasteiger partial charge on any atom is 0.312 e. The maximum atomic E-state index is 13.0. The second-order valence-corrected chi connectivity index (χ2v) is 12.4. The zero-order chi connectivity index (χ0) is 30.6. The van der Waals surface area contributed by atoms with Crippen molar-refractivity contribution in [3.8, 4) is 22.8 Å². The van der Waals surface area contributed by atoms with Gasteiger partial charge in [-0.1, -0.05) is 23.8 Å². The van der Waals surface area contributed by atoms with Crippen molar-refractivity contribution in [3.05, 3.63) is 70.8 Å². The number of aryl methyl sites for hydroxylation is 1. The summed E-state index contributed by atoms with van der Waals surface area (Å²) in [4.78, 5) is 20.2. The third kappa shape index (κ3) is 7.48. The van der Waals surface area contributed by atoms with Crippen LogP contribution < -0.4 is 19.7 Å². The fourth-order valence-corrected chi connectivity index (χ4v) is 5.93. The van der Waals surface area contributed by atoms with Crippen molar-refractivity contribution in [1.29, 1.82) is 0 Å². The highest BCUT2D eigenvalue weighted by Gasteiger charge is 2.38. The molecule has 0 unspecified atom stereocenters. The first-order valence-electron chi connectivity index (χ1n) is 15.3. The van der Waals surface area contributed by atoms with Crippen LogP contribution in [0.2, 0.25) is 0 Å². The van der Waals surface area contributed by atoms with Crippen molar-refractivity contribution in [2.24, 2.45) is 5.92 Å². The molecule has 0 bridgehead atoms. The minimum atomic E-state index is -0.530. The molecule has 0 radical (unpaired) electrons. The van der Waals surface area contributed by atoms with Gasteiger partial charge in [-0.25, -0.2) is 4.98 Å². The number of carbonyl (C=O) groups is 1. The van der Waals surface area contributed by atoms with Crippen LogP contribution in [0.15, 0.2) is 48.5 Å². The number of methoxy groups -OCH3 is 1. The second-order valence-electron chi connectivity index (χ2n) is 12.4. The zero-order valence-electron chi connectivity index (χ0n) is 26.4. The molecule has 2 aliphatic heterocycles. The summed E-state index contributed by atoms with van der Waals surface area (Å²) in [5.74, 6) is 2.05. The van der Waals surface area contributed by atoms with Gasteiger partial charge in [0.05, 0.1) is 24.8 Å². The minimum Gasteiger partial charge on any atom is -0.496 e. The first-order chi connectivity index (χ1) is 20.6. The van der Waals surface area contributed by atoms with Crippen LogP contribution in [-0.4, -0.2) is 56.0 Å². The fraction of sp³-hybridized carbons (Fsp3) is 0.486. The van der Waals surface area contributed by atoms with Gasteiger partial charge in [-0.3, -0.25) is 4.79 Å². The summed E-state index contributed by atoms with van der Waals surface area (Å²) in [5.41, 5.74) is 6.02. The molecule has 8 nitrogen and oxygen atoms in total. The SMILES string of the molecule is CCO[C@H]1CN(c2cccc(-c3cc(C)ccc3OCc3cc4c(c(OC)c3)CNCC4)n2)CC[C@H]1C(=O)OC(C)(C)C. The maximum absolute atomic E-state index is 13.0. The number of anilines is 1. The second kappa shape index (κ2) is 13.3. The molecule has 5 rings (SSSR count). The van der Waals surface area contributed by atoms with Crippen molar-refractivity contribution >= 4 is 11.8 Å². The topological polar surface area (TPSA) is 82.2 Å². The number of carbonyl (C=O) groups excluding carboxylic acids is 1. The Kier molecular flexibility index (Phi) is 9.57. The fourth-order valence-electron chi connectivity index (χ4n) is 5.93. The van der Waals surface area contributed by atoms with E-state index in [1.54, 1.807) is 7.11 Å². The van der Waals surface area contributed by atoms with E-state index in [0.717, 1.165) is 59.2 Å². The largest absolute Gasteiger partial charge is 0.496 e. The molecule has 230 valence electrons. The summed E-state index contributed by atoms with van der Waals surface area (Å²) in [6.45, 7) is 13.7. The number of pyridine rings is 1. The highest BCUT2D eigenvalue weighted by molar-refractivity contribution is 5.74. The Hall–Kier alpha value is -3.62. The van der Waals surface area contributed by atoms with E-state index in [2.05, 4.69) is 41.4 Å². The molecule has 2 aromatic carbocycles. The average Bonchev–Trinajstić information content (AvgIpc) is 2.99. The molecule has 43 heavy (non-hydrogen) atoms. The Morgan fingerprint density at radius 2 is 1.95 bits per heavy atom. The monoisotopic (exact) mass is 587 g/mol. The number of nitrogens with one attached hydrogen (secondary N) is 1. The Bertz CT molecular complexity index is 1420. The van der Waals surface area contributed by atoms with E-state index < -0.39 is 5.60 Å². The van der Waals surface area contributed by atoms with Crippen molar-refractivity contribution in [2.45, 2.75) is 72.3 Å². The van der Waals surface area contributed by atoms with Crippen LogP contribution >= 0.6 is 0 Å². The lowest BCUT2D eigenvalue weighted by Gasteiger charge is -2.38. The average molecular weight is 588 g/mol. The van der Waals surface area contributed by atoms with Crippen molar-refractivity contribution in [2.75, 3.05) is 38.3 Å². The molecule has 8 heteroatoms. The first-order valence-corrected chi connectivity index (χ1v) is 15.3. The molecule has 0 saturated carbocycles. The standard InChI is InChI=1S/C35H45N3O5/c1-7-41-32-21-38(16-14-26(32)34(39)43-35(3,4)5)33-10-8-9-29(37-33)27-17-23(2)11-12-30(27)42-22-24-18-25-13-15-36-20-28(25)31(19-24)40-6/h8-12,17-19,26,32,36H,7,13-16,20-22H2,1-6H3/t26-,32+/m1/s1. The predicted molar refractivity (Wildman–Crippen MR) is 169 cm³/mol. The highest BCUT2D eigenvalue weighted by Crippen LogP contribution is 2.34. The third-order valence-electron chi connectivity index (χ3n) is 7.97. The van der Waals surface area contributed by atoms with Gasteiger partial charge in [-0.05, 0) is 95.5 Å². The van der Waals surface area contributed by atoms with Gasteiger partial charge in [0.15, 0.2) is 0 Å². The van der Waals surface area contributed by atoms with Gasteiger partial charge < -0.3 is 29.2 Å². The molecule has 1 N–H and O–H groups in total. The lowest BCUT2D eigenvalue weighted by atomic mass is 9.93. The van der Waals surface area contributed by atoms with Gasteiger partial charge in [-0.15, -0.1) is 0 Å². The lowest BCUT2D eigenvalue weighted by Crippen LogP contribution is -2.49. The van der Waals surface area contributed by atoms with E-state index in [1.165, 1.54) is 11.1 Å². The Balaban J connectivity index is 1.35. The van der Waals surface area contributed by atoms with E-state index in [9.17, 15) is 4.79 Å². The molecule has 1 aromatic heterocycles. The van der Waals surface area contributed by atoms with E-state index in [0.29, 0.717) is 32.7 Å². The molecule has 0 aliphatic carbocycles. The van der Waals surface area contributed by atoms with Crippen LogP contribution in [0.3, 0.4) is 0 Å². The highest BCUT2D eigenvalue weighted by atomic mass is 16.6. The van der Waals surface area contributed by atoms with E-state index in [-0.39, 0.29) is 18.0 Å². The van der Waals surface area contributed by atoms with Crippen molar-refractivity contribution < 1.29 is 23.7 Å². The van der Waals surface area contributed by atoms with Crippen LogP contribution in [0, 0.1) is 12.8 Å². The van der Waals surface area contributed by atoms with Crippen LogP contribution in [0.25, 0.3) is 11.3 Å².